The van der Waals surface area contributed by atoms with Crippen molar-refractivity contribution in [1.29, 1.82) is 0 Å². The molecule has 0 unspecified atom stereocenters. The minimum Gasteiger partial charge on any atom is -0.319 e. The number of hydrogen-bond donors (Lipinski definition) is 1. The van der Waals surface area contributed by atoms with Crippen molar-refractivity contribution in [2.75, 3.05) is 0 Å². The lowest BCUT2D eigenvalue weighted by Gasteiger charge is -2.12. The quantitative estimate of drug-likeness (QED) is 0.864. The lowest BCUT2D eigenvalue weighted by atomic mass is 10.1. The first-order chi connectivity index (χ1) is 6.02. The van der Waals surface area contributed by atoms with Crippen LogP contribution in [0.2, 0.25) is 10.0 Å². The third kappa shape index (κ3) is 3.24. The minimum absolute atomic E-state index is 0. The molecule has 0 saturated heterocycles. The maximum Gasteiger partial charge on any atom is 0.257 e. The average Bonchev–Trinajstić information content (AvgIpc) is 2.08. The van der Waals surface area contributed by atoms with Crippen molar-refractivity contribution in [2.24, 2.45) is 5.73 Å². The van der Waals surface area contributed by atoms with Gasteiger partial charge in [-0.2, -0.15) is 0 Å². The molecule has 0 aliphatic carbocycles. The summed E-state index contributed by atoms with van der Waals surface area (Å²) in [5, 5.41) is 0.549. The van der Waals surface area contributed by atoms with Crippen molar-refractivity contribution in [1.82, 2.24) is 0 Å². The lowest BCUT2D eigenvalue weighted by Crippen LogP contribution is -2.19. The van der Waals surface area contributed by atoms with E-state index in [1.807, 2.05) is 0 Å². The first-order valence-electron chi connectivity index (χ1n) is 3.51. The van der Waals surface area contributed by atoms with Gasteiger partial charge in [0.1, 0.15) is 0 Å². The standard InChI is InChI=1S/C8H7Cl2F2N.ClH/c9-4-1-2-6(10)5(3-4)7(13)8(11)12;/h1-3,7-8H,13H2;1H/t7-;/m0./s1. The van der Waals surface area contributed by atoms with E-state index in [4.69, 9.17) is 28.9 Å². The van der Waals surface area contributed by atoms with E-state index in [1.54, 1.807) is 0 Å². The zero-order valence-electron chi connectivity index (χ0n) is 6.88. The van der Waals surface area contributed by atoms with Crippen LogP contribution in [-0.2, 0) is 0 Å². The second kappa shape index (κ2) is 5.71. The molecule has 0 aliphatic heterocycles. The van der Waals surface area contributed by atoms with Crippen molar-refractivity contribution in [3.63, 3.8) is 0 Å². The van der Waals surface area contributed by atoms with Crippen LogP contribution in [0.25, 0.3) is 0 Å². The number of halogens is 5. The van der Waals surface area contributed by atoms with E-state index in [-0.39, 0.29) is 23.0 Å². The smallest absolute Gasteiger partial charge is 0.257 e. The number of benzene rings is 1. The number of alkyl halides is 2. The van der Waals surface area contributed by atoms with Crippen molar-refractivity contribution < 1.29 is 8.78 Å². The van der Waals surface area contributed by atoms with E-state index in [2.05, 4.69) is 0 Å². The Bertz CT molecular complexity index is 307. The third-order valence-corrected chi connectivity index (χ3v) is 2.17. The summed E-state index contributed by atoms with van der Waals surface area (Å²) in [4.78, 5) is 0. The molecule has 1 aromatic rings. The molecule has 14 heavy (non-hydrogen) atoms. The Labute approximate surface area is 96.6 Å². The molecule has 0 saturated carbocycles. The van der Waals surface area contributed by atoms with Gasteiger partial charge in [0, 0.05) is 10.0 Å². The summed E-state index contributed by atoms with van der Waals surface area (Å²) in [6.45, 7) is 0. The first-order valence-corrected chi connectivity index (χ1v) is 4.26. The summed E-state index contributed by atoms with van der Waals surface area (Å²) in [5.74, 6) is 0. The fraction of sp³-hybridized carbons (Fsp3) is 0.250. The molecular formula is C8H8Cl3F2N. The fourth-order valence-electron chi connectivity index (χ4n) is 0.906. The van der Waals surface area contributed by atoms with E-state index in [9.17, 15) is 8.78 Å². The van der Waals surface area contributed by atoms with E-state index in [0.29, 0.717) is 5.02 Å². The Balaban J connectivity index is 0.00000169. The first kappa shape index (κ1) is 13.9. The molecule has 0 aliphatic rings. The van der Waals surface area contributed by atoms with Gasteiger partial charge in [0.05, 0.1) is 6.04 Å². The molecule has 0 aromatic heterocycles. The Morgan fingerprint density at radius 2 is 1.79 bits per heavy atom. The number of nitrogens with two attached hydrogens (primary N) is 1. The van der Waals surface area contributed by atoms with Crippen molar-refractivity contribution in [3.8, 4) is 0 Å². The summed E-state index contributed by atoms with van der Waals surface area (Å²) in [6.07, 6.45) is -2.64. The van der Waals surface area contributed by atoms with Gasteiger partial charge in [0.15, 0.2) is 0 Å². The summed E-state index contributed by atoms with van der Waals surface area (Å²) >= 11 is 11.3. The van der Waals surface area contributed by atoms with Gasteiger partial charge in [0.2, 0.25) is 0 Å². The molecule has 1 rings (SSSR count). The highest BCUT2D eigenvalue weighted by Gasteiger charge is 2.20. The second-order valence-corrected chi connectivity index (χ2v) is 3.37. The van der Waals surface area contributed by atoms with Gasteiger partial charge in [-0.25, -0.2) is 8.78 Å². The topological polar surface area (TPSA) is 26.0 Å². The van der Waals surface area contributed by atoms with Crippen LogP contribution in [0.4, 0.5) is 8.78 Å². The van der Waals surface area contributed by atoms with E-state index in [0.717, 1.165) is 0 Å². The Morgan fingerprint density at radius 3 is 2.29 bits per heavy atom. The fourth-order valence-corrected chi connectivity index (χ4v) is 1.33. The maximum absolute atomic E-state index is 12.2. The number of hydrogen-bond acceptors (Lipinski definition) is 1. The number of rotatable bonds is 2. The molecule has 1 nitrogen and oxygen atoms in total. The molecule has 1 atom stereocenters. The van der Waals surface area contributed by atoms with Gasteiger partial charge >= 0.3 is 0 Å². The van der Waals surface area contributed by atoms with Gasteiger partial charge < -0.3 is 5.73 Å². The molecule has 0 heterocycles. The predicted molar refractivity (Wildman–Crippen MR) is 56.6 cm³/mol. The molecule has 80 valence electrons. The highest BCUT2D eigenvalue weighted by Crippen LogP contribution is 2.28. The minimum atomic E-state index is -2.64. The van der Waals surface area contributed by atoms with Gasteiger partial charge in [0.25, 0.3) is 6.43 Å². The predicted octanol–water partition coefficient (Wildman–Crippen LogP) is 3.68. The summed E-state index contributed by atoms with van der Waals surface area (Å²) in [7, 11) is 0. The van der Waals surface area contributed by atoms with Crippen LogP contribution in [0.1, 0.15) is 11.6 Å². The van der Waals surface area contributed by atoms with E-state index < -0.39 is 12.5 Å². The lowest BCUT2D eigenvalue weighted by molar-refractivity contribution is 0.116. The summed E-state index contributed by atoms with van der Waals surface area (Å²) < 4.78 is 24.4. The van der Waals surface area contributed by atoms with Crippen molar-refractivity contribution in [2.45, 2.75) is 12.5 Å². The van der Waals surface area contributed by atoms with Crippen LogP contribution in [0.15, 0.2) is 18.2 Å². The average molecular weight is 263 g/mol. The summed E-state index contributed by atoms with van der Waals surface area (Å²) in [6, 6.07) is 2.93. The highest BCUT2D eigenvalue weighted by molar-refractivity contribution is 6.33. The van der Waals surface area contributed by atoms with Crippen molar-refractivity contribution in [3.05, 3.63) is 33.8 Å². The molecule has 0 spiro atoms. The van der Waals surface area contributed by atoms with Gasteiger partial charge in [-0.15, -0.1) is 12.4 Å². The highest BCUT2D eigenvalue weighted by atomic mass is 35.5. The van der Waals surface area contributed by atoms with E-state index >= 15 is 0 Å². The normalized spacial score (nSPS) is 12.4. The molecular weight excluding hydrogens is 254 g/mol. The molecule has 1 aromatic carbocycles. The Morgan fingerprint density at radius 1 is 1.21 bits per heavy atom. The van der Waals surface area contributed by atoms with Gasteiger partial charge in [-0.05, 0) is 23.8 Å². The SMILES string of the molecule is Cl.N[C@@H](c1cc(Cl)ccc1Cl)C(F)F. The summed E-state index contributed by atoms with van der Waals surface area (Å²) in [5.41, 5.74) is 5.38. The van der Waals surface area contributed by atoms with Crippen LogP contribution in [0.3, 0.4) is 0 Å². The van der Waals surface area contributed by atoms with Crippen LogP contribution < -0.4 is 5.73 Å². The zero-order valence-corrected chi connectivity index (χ0v) is 9.21. The van der Waals surface area contributed by atoms with Crippen LogP contribution in [0, 0.1) is 0 Å². The zero-order chi connectivity index (χ0) is 10.0. The molecule has 0 amide bonds. The van der Waals surface area contributed by atoms with Gasteiger partial charge in [-0.3, -0.25) is 0 Å². The van der Waals surface area contributed by atoms with E-state index in [1.165, 1.54) is 18.2 Å². The Kier molecular flexibility index (Phi) is 5.67. The monoisotopic (exact) mass is 261 g/mol. The maximum atomic E-state index is 12.2. The Hall–Kier alpha value is -0.0900. The molecule has 6 heteroatoms. The van der Waals surface area contributed by atoms with Crippen LogP contribution in [0.5, 0.6) is 0 Å². The third-order valence-electron chi connectivity index (χ3n) is 1.59. The molecule has 0 radical (unpaired) electrons. The van der Waals surface area contributed by atoms with Crippen LogP contribution in [-0.4, -0.2) is 6.43 Å². The van der Waals surface area contributed by atoms with Gasteiger partial charge in [-0.1, -0.05) is 23.2 Å². The van der Waals surface area contributed by atoms with Crippen LogP contribution >= 0.6 is 35.6 Å². The molecule has 0 fully saturated rings. The van der Waals surface area contributed by atoms with Crippen molar-refractivity contribution >= 4 is 35.6 Å². The largest absolute Gasteiger partial charge is 0.319 e. The second-order valence-electron chi connectivity index (χ2n) is 2.53. The molecule has 2 N–H and O–H groups in total. The molecule has 0 bridgehead atoms.